The number of thiophene rings is 1. The zero-order valence-electron chi connectivity index (χ0n) is 11.4. The fraction of sp³-hybridized carbons (Fsp3) is 0.643. The number of hydrogen-bond donors (Lipinski definition) is 2. The highest BCUT2D eigenvalue weighted by Crippen LogP contribution is 2.26. The van der Waals surface area contributed by atoms with Crippen molar-refractivity contribution >= 4 is 17.2 Å². The van der Waals surface area contributed by atoms with Crippen molar-refractivity contribution in [1.82, 2.24) is 10.6 Å². The van der Waals surface area contributed by atoms with E-state index in [1.54, 1.807) is 11.3 Å². The van der Waals surface area contributed by atoms with E-state index in [2.05, 4.69) is 37.5 Å². The maximum atomic E-state index is 12.0. The maximum Gasteiger partial charge on any atom is 0.220 e. The Labute approximate surface area is 113 Å². The molecule has 0 spiro atoms. The van der Waals surface area contributed by atoms with E-state index in [0.717, 1.165) is 19.5 Å². The summed E-state index contributed by atoms with van der Waals surface area (Å²) < 4.78 is 0. The van der Waals surface area contributed by atoms with Gasteiger partial charge in [-0.15, -0.1) is 11.3 Å². The number of carbonyl (C=O) groups excluding carboxylic acids is 1. The van der Waals surface area contributed by atoms with Crippen molar-refractivity contribution in [2.45, 2.75) is 39.7 Å². The lowest BCUT2D eigenvalue weighted by Crippen LogP contribution is -2.29. The zero-order valence-corrected chi connectivity index (χ0v) is 12.2. The second kappa shape index (κ2) is 5.85. The molecule has 2 unspecified atom stereocenters. The molecule has 1 fully saturated rings. The van der Waals surface area contributed by atoms with E-state index in [-0.39, 0.29) is 11.9 Å². The lowest BCUT2D eigenvalue weighted by Gasteiger charge is -2.15. The Morgan fingerprint density at radius 2 is 2.39 bits per heavy atom. The van der Waals surface area contributed by atoms with Gasteiger partial charge in [0.05, 0.1) is 6.04 Å². The molecule has 0 saturated carbocycles. The van der Waals surface area contributed by atoms with Crippen molar-refractivity contribution < 1.29 is 4.79 Å². The van der Waals surface area contributed by atoms with Crippen molar-refractivity contribution in [1.29, 1.82) is 0 Å². The summed E-state index contributed by atoms with van der Waals surface area (Å²) >= 11 is 1.80. The van der Waals surface area contributed by atoms with Gasteiger partial charge in [0.15, 0.2) is 0 Å². The molecule has 2 atom stereocenters. The van der Waals surface area contributed by atoms with Crippen LogP contribution in [0.15, 0.2) is 6.07 Å². The van der Waals surface area contributed by atoms with Gasteiger partial charge in [-0.25, -0.2) is 0 Å². The summed E-state index contributed by atoms with van der Waals surface area (Å²) in [6.45, 7) is 8.34. The lowest BCUT2D eigenvalue weighted by atomic mass is 10.0. The zero-order chi connectivity index (χ0) is 13.1. The predicted octanol–water partition coefficient (Wildman–Crippen LogP) is 2.54. The van der Waals surface area contributed by atoms with Crippen LogP contribution in [0.1, 0.15) is 41.1 Å². The Morgan fingerprint density at radius 3 is 2.94 bits per heavy atom. The molecule has 3 nitrogen and oxygen atoms in total. The summed E-state index contributed by atoms with van der Waals surface area (Å²) in [5.41, 5.74) is 1.26. The molecule has 1 aromatic rings. The largest absolute Gasteiger partial charge is 0.350 e. The Hall–Kier alpha value is -0.870. The molecule has 4 heteroatoms. The van der Waals surface area contributed by atoms with Crippen LogP contribution in [0.3, 0.4) is 0 Å². The molecule has 18 heavy (non-hydrogen) atoms. The van der Waals surface area contributed by atoms with Gasteiger partial charge in [-0.2, -0.15) is 0 Å². The molecule has 100 valence electrons. The molecule has 0 bridgehead atoms. The summed E-state index contributed by atoms with van der Waals surface area (Å²) in [4.78, 5) is 14.6. The molecule has 1 aliphatic heterocycles. The topological polar surface area (TPSA) is 41.1 Å². The van der Waals surface area contributed by atoms with Gasteiger partial charge in [0, 0.05) is 16.2 Å². The molecule has 2 N–H and O–H groups in total. The van der Waals surface area contributed by atoms with Crippen LogP contribution in [0.4, 0.5) is 0 Å². The first-order valence-electron chi connectivity index (χ1n) is 6.63. The molecule has 0 radical (unpaired) electrons. The minimum Gasteiger partial charge on any atom is -0.350 e. The van der Waals surface area contributed by atoms with E-state index in [1.807, 2.05) is 0 Å². The van der Waals surface area contributed by atoms with E-state index >= 15 is 0 Å². The molecule has 1 saturated heterocycles. The number of carbonyl (C=O) groups is 1. The van der Waals surface area contributed by atoms with Gasteiger partial charge in [0.1, 0.15) is 0 Å². The van der Waals surface area contributed by atoms with E-state index in [1.165, 1.54) is 15.3 Å². The van der Waals surface area contributed by atoms with Gasteiger partial charge in [0.25, 0.3) is 0 Å². The first-order chi connectivity index (χ1) is 8.56. The quantitative estimate of drug-likeness (QED) is 0.879. The number of hydrogen-bond acceptors (Lipinski definition) is 3. The van der Waals surface area contributed by atoms with E-state index in [4.69, 9.17) is 0 Å². The highest BCUT2D eigenvalue weighted by atomic mass is 32.1. The van der Waals surface area contributed by atoms with Gasteiger partial charge in [0.2, 0.25) is 5.91 Å². The molecule has 1 aliphatic rings. The van der Waals surface area contributed by atoms with Crippen LogP contribution in [-0.2, 0) is 4.79 Å². The summed E-state index contributed by atoms with van der Waals surface area (Å²) in [5, 5.41) is 6.41. The third-order valence-corrected chi connectivity index (χ3v) is 4.54. The summed E-state index contributed by atoms with van der Waals surface area (Å²) in [5.74, 6) is 0.696. The Bertz CT molecular complexity index is 421. The smallest absolute Gasteiger partial charge is 0.220 e. The van der Waals surface area contributed by atoms with E-state index in [9.17, 15) is 4.79 Å². The van der Waals surface area contributed by atoms with Crippen LogP contribution in [-0.4, -0.2) is 19.0 Å². The molecule has 2 rings (SSSR count). The normalized spacial score (nSPS) is 20.9. The van der Waals surface area contributed by atoms with Crippen molar-refractivity contribution in [3.05, 3.63) is 21.4 Å². The maximum absolute atomic E-state index is 12.0. The molecular formula is C14H22N2OS. The summed E-state index contributed by atoms with van der Waals surface area (Å²) in [6, 6.07) is 2.30. The monoisotopic (exact) mass is 266 g/mol. The Balaban J connectivity index is 1.88. The van der Waals surface area contributed by atoms with Crippen molar-refractivity contribution in [2.75, 3.05) is 13.1 Å². The minimum absolute atomic E-state index is 0.122. The van der Waals surface area contributed by atoms with Gasteiger partial charge in [-0.3, -0.25) is 4.79 Å². The van der Waals surface area contributed by atoms with Crippen LogP contribution >= 0.6 is 11.3 Å². The second-order valence-corrected chi connectivity index (χ2v) is 6.68. The minimum atomic E-state index is 0.122. The van der Waals surface area contributed by atoms with Gasteiger partial charge < -0.3 is 10.6 Å². The first-order valence-corrected chi connectivity index (χ1v) is 7.45. The van der Waals surface area contributed by atoms with Crippen LogP contribution in [0.5, 0.6) is 0 Å². The van der Waals surface area contributed by atoms with Crippen molar-refractivity contribution in [2.24, 2.45) is 5.92 Å². The third-order valence-electron chi connectivity index (χ3n) is 3.56. The highest BCUT2D eigenvalue weighted by Gasteiger charge is 2.20. The highest BCUT2D eigenvalue weighted by molar-refractivity contribution is 7.12. The van der Waals surface area contributed by atoms with Crippen molar-refractivity contribution in [3.8, 4) is 0 Å². The van der Waals surface area contributed by atoms with Gasteiger partial charge >= 0.3 is 0 Å². The van der Waals surface area contributed by atoms with Crippen LogP contribution < -0.4 is 10.6 Å². The third kappa shape index (κ3) is 3.33. The number of nitrogens with one attached hydrogen (secondary N) is 2. The average Bonchev–Trinajstić information content (AvgIpc) is 2.88. The predicted molar refractivity (Wildman–Crippen MR) is 75.9 cm³/mol. The average molecular weight is 266 g/mol. The van der Waals surface area contributed by atoms with Crippen LogP contribution in [0.25, 0.3) is 0 Å². The van der Waals surface area contributed by atoms with E-state index < -0.39 is 0 Å². The Morgan fingerprint density at radius 1 is 1.61 bits per heavy atom. The fourth-order valence-corrected chi connectivity index (χ4v) is 3.63. The molecule has 2 heterocycles. The first kappa shape index (κ1) is 13.6. The van der Waals surface area contributed by atoms with Gasteiger partial charge in [-0.1, -0.05) is 0 Å². The number of amides is 1. The SMILES string of the molecule is Cc1cc(C(C)NC(=O)CC2CCNC2)c(C)s1. The summed E-state index contributed by atoms with van der Waals surface area (Å²) in [7, 11) is 0. The lowest BCUT2D eigenvalue weighted by molar-refractivity contribution is -0.122. The van der Waals surface area contributed by atoms with Crippen LogP contribution in [0, 0.1) is 19.8 Å². The standard InChI is InChI=1S/C14H22N2OS/c1-9-6-13(11(3)18-9)10(2)16-14(17)7-12-4-5-15-8-12/h6,10,12,15H,4-5,7-8H2,1-3H3,(H,16,17). The van der Waals surface area contributed by atoms with Gasteiger partial charge in [-0.05, 0) is 57.8 Å². The summed E-state index contributed by atoms with van der Waals surface area (Å²) in [6.07, 6.45) is 1.78. The molecule has 1 amide bonds. The van der Waals surface area contributed by atoms with Crippen LogP contribution in [0.2, 0.25) is 0 Å². The molecule has 0 aromatic carbocycles. The molecule has 0 aliphatic carbocycles. The number of rotatable bonds is 4. The fourth-order valence-electron chi connectivity index (χ4n) is 2.61. The van der Waals surface area contributed by atoms with Crippen molar-refractivity contribution in [3.63, 3.8) is 0 Å². The second-order valence-electron chi connectivity index (χ2n) is 5.22. The van der Waals surface area contributed by atoms with E-state index in [0.29, 0.717) is 12.3 Å². The Kier molecular flexibility index (Phi) is 4.40. The molecule has 1 aromatic heterocycles. The molecular weight excluding hydrogens is 244 g/mol. The number of aryl methyl sites for hydroxylation is 2.